The van der Waals surface area contributed by atoms with Crippen molar-refractivity contribution in [2.75, 3.05) is 36.0 Å². The predicted molar refractivity (Wildman–Crippen MR) is 124 cm³/mol. The standard InChI is InChI=1S/C24H25F3N4OS/c25-24(26,27)18-6-7-19-20(14-18)29-23(28-19)30-10-11-31(22(32)17-8-12-33-13-9-17)21(15-30)16-4-2-1-3-5-16/h1-7,14,17,21H,8-13,15H2,(H,28,29). The van der Waals surface area contributed by atoms with Gasteiger partial charge in [-0.15, -0.1) is 0 Å². The van der Waals surface area contributed by atoms with E-state index in [-0.39, 0.29) is 17.9 Å². The number of thioether (sulfide) groups is 1. The largest absolute Gasteiger partial charge is 0.416 e. The molecule has 1 atom stereocenters. The van der Waals surface area contributed by atoms with Gasteiger partial charge in [0, 0.05) is 25.6 Å². The van der Waals surface area contributed by atoms with Crippen LogP contribution in [0.2, 0.25) is 0 Å². The van der Waals surface area contributed by atoms with Crippen molar-refractivity contribution in [1.29, 1.82) is 0 Å². The molecule has 2 fully saturated rings. The maximum absolute atomic E-state index is 13.4. The molecular formula is C24H25F3N4OS. The Morgan fingerprint density at radius 2 is 1.82 bits per heavy atom. The highest BCUT2D eigenvalue weighted by Crippen LogP contribution is 2.34. The number of carbonyl (C=O) groups is 1. The molecule has 0 saturated carbocycles. The summed E-state index contributed by atoms with van der Waals surface area (Å²) in [5, 5.41) is 0. The molecule has 3 aromatic rings. The van der Waals surface area contributed by atoms with E-state index in [2.05, 4.69) is 9.97 Å². The van der Waals surface area contributed by atoms with Crippen molar-refractivity contribution in [3.63, 3.8) is 0 Å². The van der Waals surface area contributed by atoms with Crippen LogP contribution in [-0.4, -0.2) is 51.9 Å². The van der Waals surface area contributed by atoms with E-state index in [0.29, 0.717) is 36.6 Å². The lowest BCUT2D eigenvalue weighted by atomic mass is 9.96. The number of imidazole rings is 1. The highest BCUT2D eigenvalue weighted by atomic mass is 32.2. The Kier molecular flexibility index (Phi) is 5.99. The number of nitrogens with one attached hydrogen (secondary N) is 1. The minimum absolute atomic E-state index is 0.0657. The molecule has 1 amide bonds. The molecule has 0 bridgehead atoms. The molecule has 2 aromatic carbocycles. The van der Waals surface area contributed by atoms with E-state index >= 15 is 0 Å². The van der Waals surface area contributed by atoms with Crippen molar-refractivity contribution >= 4 is 34.7 Å². The van der Waals surface area contributed by atoms with Gasteiger partial charge in [0.15, 0.2) is 0 Å². The van der Waals surface area contributed by atoms with E-state index in [4.69, 9.17) is 0 Å². The highest BCUT2D eigenvalue weighted by Gasteiger charge is 2.36. The Balaban J connectivity index is 1.42. The molecule has 0 aliphatic carbocycles. The molecule has 0 radical (unpaired) electrons. The SMILES string of the molecule is O=C(C1CCSCC1)N1CCN(c2nc3ccc(C(F)(F)F)cc3[nH]2)CC1c1ccccc1. The number of anilines is 1. The van der Waals surface area contributed by atoms with Crippen LogP contribution in [0.4, 0.5) is 19.1 Å². The minimum Gasteiger partial charge on any atom is -0.338 e. The van der Waals surface area contributed by atoms with Crippen molar-refractivity contribution in [3.05, 3.63) is 59.7 Å². The number of aromatic nitrogens is 2. The second kappa shape index (κ2) is 8.93. The first-order chi connectivity index (χ1) is 15.9. The van der Waals surface area contributed by atoms with E-state index in [0.717, 1.165) is 42.0 Å². The molecule has 2 saturated heterocycles. The first-order valence-corrected chi connectivity index (χ1v) is 12.3. The van der Waals surface area contributed by atoms with Crippen molar-refractivity contribution in [2.45, 2.75) is 25.1 Å². The van der Waals surface area contributed by atoms with Gasteiger partial charge in [0.25, 0.3) is 0 Å². The molecule has 33 heavy (non-hydrogen) atoms. The summed E-state index contributed by atoms with van der Waals surface area (Å²) in [5.41, 5.74) is 1.20. The number of aromatic amines is 1. The number of alkyl halides is 3. The summed E-state index contributed by atoms with van der Waals surface area (Å²) >= 11 is 1.90. The van der Waals surface area contributed by atoms with Crippen molar-refractivity contribution < 1.29 is 18.0 Å². The Bertz CT molecular complexity index is 1130. The summed E-state index contributed by atoms with van der Waals surface area (Å²) in [6, 6.07) is 13.3. The number of piperazine rings is 1. The van der Waals surface area contributed by atoms with Crippen LogP contribution in [0.15, 0.2) is 48.5 Å². The van der Waals surface area contributed by atoms with E-state index in [1.807, 2.05) is 51.9 Å². The number of benzene rings is 2. The average molecular weight is 475 g/mol. The first-order valence-electron chi connectivity index (χ1n) is 11.2. The topological polar surface area (TPSA) is 52.2 Å². The van der Waals surface area contributed by atoms with Gasteiger partial charge in [-0.2, -0.15) is 24.9 Å². The molecule has 1 N–H and O–H groups in total. The number of rotatable bonds is 3. The van der Waals surface area contributed by atoms with E-state index < -0.39 is 11.7 Å². The number of H-pyrrole nitrogens is 1. The molecule has 5 nitrogen and oxygen atoms in total. The molecular weight excluding hydrogens is 449 g/mol. The number of nitrogens with zero attached hydrogens (tertiary/aromatic N) is 3. The summed E-state index contributed by atoms with van der Waals surface area (Å²) in [7, 11) is 0. The third-order valence-electron chi connectivity index (χ3n) is 6.51. The summed E-state index contributed by atoms with van der Waals surface area (Å²) in [6.45, 7) is 1.65. The fraction of sp³-hybridized carbons (Fsp3) is 0.417. The van der Waals surface area contributed by atoms with Gasteiger partial charge in [0.2, 0.25) is 11.9 Å². The fourth-order valence-electron chi connectivity index (χ4n) is 4.70. The van der Waals surface area contributed by atoms with Gasteiger partial charge in [-0.25, -0.2) is 4.98 Å². The average Bonchev–Trinajstić information content (AvgIpc) is 3.27. The number of fused-ring (bicyclic) bond motifs is 1. The summed E-state index contributed by atoms with van der Waals surface area (Å²) in [4.78, 5) is 25.1. The van der Waals surface area contributed by atoms with Gasteiger partial charge in [-0.1, -0.05) is 30.3 Å². The van der Waals surface area contributed by atoms with Crippen molar-refractivity contribution in [1.82, 2.24) is 14.9 Å². The van der Waals surface area contributed by atoms with Crippen molar-refractivity contribution in [3.8, 4) is 0 Å². The first kappa shape index (κ1) is 22.1. The Morgan fingerprint density at radius 3 is 2.55 bits per heavy atom. The van der Waals surface area contributed by atoms with Gasteiger partial charge < -0.3 is 14.8 Å². The molecule has 1 unspecified atom stereocenters. The van der Waals surface area contributed by atoms with Gasteiger partial charge in [-0.3, -0.25) is 4.79 Å². The zero-order valence-corrected chi connectivity index (χ0v) is 18.8. The Labute approximate surface area is 194 Å². The lowest BCUT2D eigenvalue weighted by Gasteiger charge is -2.43. The van der Waals surface area contributed by atoms with E-state index in [1.165, 1.54) is 6.07 Å². The zero-order chi connectivity index (χ0) is 23.0. The molecule has 174 valence electrons. The third-order valence-corrected chi connectivity index (χ3v) is 7.56. The summed E-state index contributed by atoms with van der Waals surface area (Å²) < 4.78 is 39.3. The summed E-state index contributed by atoms with van der Waals surface area (Å²) in [6.07, 6.45) is -2.58. The minimum atomic E-state index is -4.40. The van der Waals surface area contributed by atoms with Crippen molar-refractivity contribution in [2.24, 2.45) is 5.92 Å². The highest BCUT2D eigenvalue weighted by molar-refractivity contribution is 7.99. The molecule has 5 rings (SSSR count). The number of amides is 1. The van der Waals surface area contributed by atoms with Crippen LogP contribution in [0, 0.1) is 5.92 Å². The van der Waals surface area contributed by atoms with Gasteiger partial charge in [0.1, 0.15) is 0 Å². The second-order valence-electron chi connectivity index (χ2n) is 8.58. The van der Waals surface area contributed by atoms with Crippen LogP contribution in [-0.2, 0) is 11.0 Å². The maximum atomic E-state index is 13.4. The van der Waals surface area contributed by atoms with Crippen LogP contribution < -0.4 is 4.90 Å². The molecule has 0 spiro atoms. The zero-order valence-electron chi connectivity index (χ0n) is 18.0. The van der Waals surface area contributed by atoms with Crippen LogP contribution in [0.25, 0.3) is 11.0 Å². The maximum Gasteiger partial charge on any atom is 0.416 e. The monoisotopic (exact) mass is 474 g/mol. The van der Waals surface area contributed by atoms with Crippen LogP contribution in [0.1, 0.15) is 30.0 Å². The third kappa shape index (κ3) is 4.55. The second-order valence-corrected chi connectivity index (χ2v) is 9.81. The van der Waals surface area contributed by atoms with Crippen LogP contribution in [0.3, 0.4) is 0 Å². The van der Waals surface area contributed by atoms with Crippen LogP contribution >= 0.6 is 11.8 Å². The predicted octanol–water partition coefficient (Wildman–Crippen LogP) is 5.11. The molecule has 2 aliphatic rings. The lowest BCUT2D eigenvalue weighted by molar-refractivity contribution is -0.139. The quantitative estimate of drug-likeness (QED) is 0.573. The van der Waals surface area contributed by atoms with Gasteiger partial charge in [-0.05, 0) is 48.1 Å². The Hall–Kier alpha value is -2.68. The normalized spacial score (nSPS) is 20.4. The molecule has 3 heterocycles. The number of carbonyl (C=O) groups excluding carboxylic acids is 1. The molecule has 1 aromatic heterocycles. The smallest absolute Gasteiger partial charge is 0.338 e. The number of halogens is 3. The number of hydrogen-bond donors (Lipinski definition) is 1. The van der Waals surface area contributed by atoms with E-state index in [1.54, 1.807) is 0 Å². The van der Waals surface area contributed by atoms with E-state index in [9.17, 15) is 18.0 Å². The lowest BCUT2D eigenvalue weighted by Crippen LogP contribution is -2.52. The fourth-order valence-corrected chi connectivity index (χ4v) is 5.81. The molecule has 2 aliphatic heterocycles. The molecule has 9 heteroatoms. The number of hydrogen-bond acceptors (Lipinski definition) is 4. The summed E-state index contributed by atoms with van der Waals surface area (Å²) in [5.74, 6) is 2.85. The Morgan fingerprint density at radius 1 is 1.06 bits per heavy atom. The van der Waals surface area contributed by atoms with Gasteiger partial charge in [0.05, 0.1) is 22.6 Å². The van der Waals surface area contributed by atoms with Gasteiger partial charge >= 0.3 is 6.18 Å². The van der Waals surface area contributed by atoms with Crippen LogP contribution in [0.5, 0.6) is 0 Å².